The summed E-state index contributed by atoms with van der Waals surface area (Å²) in [5.74, 6) is 2.06. The predicted octanol–water partition coefficient (Wildman–Crippen LogP) is 2.16. The van der Waals surface area contributed by atoms with Crippen molar-refractivity contribution < 1.29 is 4.42 Å². The van der Waals surface area contributed by atoms with Crippen LogP contribution in [-0.4, -0.2) is 31.1 Å². The molecule has 0 aromatic carbocycles. The van der Waals surface area contributed by atoms with Gasteiger partial charge in [0.05, 0.1) is 6.54 Å². The normalized spacial score (nSPS) is 15.9. The molecule has 3 nitrogen and oxygen atoms in total. The molecule has 0 radical (unpaired) electrons. The van der Waals surface area contributed by atoms with Crippen molar-refractivity contribution >= 4 is 0 Å². The molecule has 1 heterocycles. The van der Waals surface area contributed by atoms with Crippen molar-refractivity contribution in [3.05, 3.63) is 23.7 Å². The maximum absolute atomic E-state index is 5.55. The van der Waals surface area contributed by atoms with E-state index in [1.165, 1.54) is 19.3 Å². The molecule has 90 valence electrons. The highest BCUT2D eigenvalue weighted by Gasteiger charge is 2.19. The zero-order valence-electron chi connectivity index (χ0n) is 10.3. The van der Waals surface area contributed by atoms with Crippen LogP contribution in [-0.2, 0) is 6.54 Å². The van der Waals surface area contributed by atoms with Gasteiger partial charge in [-0.1, -0.05) is 0 Å². The number of nitrogens with one attached hydrogen (secondary N) is 1. The molecule has 0 amide bonds. The highest BCUT2D eigenvalue weighted by molar-refractivity contribution is 5.05. The van der Waals surface area contributed by atoms with Gasteiger partial charge in [-0.3, -0.25) is 4.90 Å². The lowest BCUT2D eigenvalue weighted by Crippen LogP contribution is -2.24. The molecule has 0 aliphatic heterocycles. The molecule has 0 spiro atoms. The zero-order valence-corrected chi connectivity index (χ0v) is 10.3. The molecule has 0 unspecified atom stereocenters. The van der Waals surface area contributed by atoms with Gasteiger partial charge in [0.25, 0.3) is 0 Å². The molecule has 1 N–H and O–H groups in total. The van der Waals surface area contributed by atoms with Crippen molar-refractivity contribution in [3.63, 3.8) is 0 Å². The Morgan fingerprint density at radius 3 is 2.88 bits per heavy atom. The maximum Gasteiger partial charge on any atom is 0.118 e. The van der Waals surface area contributed by atoms with Gasteiger partial charge in [-0.25, -0.2) is 0 Å². The maximum atomic E-state index is 5.55. The van der Waals surface area contributed by atoms with Crippen molar-refractivity contribution in [2.45, 2.75) is 38.8 Å². The summed E-state index contributed by atoms with van der Waals surface area (Å²) in [5, 5.41) is 3.53. The van der Waals surface area contributed by atoms with Gasteiger partial charge in [0.1, 0.15) is 11.5 Å². The lowest BCUT2D eigenvalue weighted by molar-refractivity contribution is 0.287. The van der Waals surface area contributed by atoms with E-state index in [0.717, 1.165) is 37.2 Å². The first-order valence-corrected chi connectivity index (χ1v) is 6.21. The van der Waals surface area contributed by atoms with E-state index in [2.05, 4.69) is 23.3 Å². The molecule has 1 aliphatic rings. The van der Waals surface area contributed by atoms with Gasteiger partial charge in [0, 0.05) is 6.04 Å². The minimum Gasteiger partial charge on any atom is -0.465 e. The highest BCUT2D eigenvalue weighted by atomic mass is 16.3. The SMILES string of the molecule is Cc1ccc(CN(C)CCCNC2CC2)o1. The summed E-state index contributed by atoms with van der Waals surface area (Å²) >= 11 is 0. The zero-order chi connectivity index (χ0) is 11.4. The second-order valence-corrected chi connectivity index (χ2v) is 4.83. The Balaban J connectivity index is 1.57. The molecule has 1 aliphatic carbocycles. The van der Waals surface area contributed by atoms with Crippen LogP contribution in [0.3, 0.4) is 0 Å². The van der Waals surface area contributed by atoms with Gasteiger partial charge in [-0.2, -0.15) is 0 Å². The predicted molar refractivity (Wildman–Crippen MR) is 65.4 cm³/mol. The molecule has 1 aromatic rings. The summed E-state index contributed by atoms with van der Waals surface area (Å²) < 4.78 is 5.55. The molecule has 0 saturated heterocycles. The Kier molecular flexibility index (Phi) is 4.02. The summed E-state index contributed by atoms with van der Waals surface area (Å²) in [6.45, 7) is 5.17. The lowest BCUT2D eigenvalue weighted by atomic mass is 10.3. The Morgan fingerprint density at radius 2 is 2.25 bits per heavy atom. The van der Waals surface area contributed by atoms with Crippen LogP contribution in [0.2, 0.25) is 0 Å². The van der Waals surface area contributed by atoms with Gasteiger partial charge in [-0.15, -0.1) is 0 Å². The monoisotopic (exact) mass is 222 g/mol. The van der Waals surface area contributed by atoms with Crippen LogP contribution in [0.4, 0.5) is 0 Å². The number of rotatable bonds is 7. The van der Waals surface area contributed by atoms with Crippen LogP contribution >= 0.6 is 0 Å². The fourth-order valence-corrected chi connectivity index (χ4v) is 1.86. The number of furan rings is 1. The highest BCUT2D eigenvalue weighted by Crippen LogP contribution is 2.18. The van der Waals surface area contributed by atoms with Crippen LogP contribution in [0, 0.1) is 6.92 Å². The second-order valence-electron chi connectivity index (χ2n) is 4.83. The van der Waals surface area contributed by atoms with Crippen molar-refractivity contribution in [2.24, 2.45) is 0 Å². The van der Waals surface area contributed by atoms with E-state index in [-0.39, 0.29) is 0 Å². The topological polar surface area (TPSA) is 28.4 Å². The molecule has 2 rings (SSSR count). The molecule has 1 saturated carbocycles. The average Bonchev–Trinajstić information content (AvgIpc) is 2.98. The van der Waals surface area contributed by atoms with Crippen LogP contribution < -0.4 is 5.32 Å². The summed E-state index contributed by atoms with van der Waals surface area (Å²) in [6, 6.07) is 4.92. The van der Waals surface area contributed by atoms with Crippen LogP contribution in [0.5, 0.6) is 0 Å². The first kappa shape index (κ1) is 11.7. The molecule has 1 fully saturated rings. The molecule has 0 atom stereocenters. The van der Waals surface area contributed by atoms with Crippen molar-refractivity contribution in [3.8, 4) is 0 Å². The van der Waals surface area contributed by atoms with Gasteiger partial charge in [0.2, 0.25) is 0 Å². The summed E-state index contributed by atoms with van der Waals surface area (Å²) in [7, 11) is 2.15. The van der Waals surface area contributed by atoms with Gasteiger partial charge in [-0.05, 0) is 58.5 Å². The Morgan fingerprint density at radius 1 is 1.44 bits per heavy atom. The number of aryl methyl sites for hydroxylation is 1. The standard InChI is InChI=1S/C13H22N2O/c1-11-4-7-13(16-11)10-15(2)9-3-8-14-12-5-6-12/h4,7,12,14H,3,5-6,8-10H2,1-2H3. The fourth-order valence-electron chi connectivity index (χ4n) is 1.86. The average molecular weight is 222 g/mol. The largest absolute Gasteiger partial charge is 0.465 e. The third-order valence-electron chi connectivity index (χ3n) is 2.95. The fraction of sp³-hybridized carbons (Fsp3) is 0.692. The van der Waals surface area contributed by atoms with Gasteiger partial charge in [0.15, 0.2) is 0 Å². The lowest BCUT2D eigenvalue weighted by Gasteiger charge is -2.14. The van der Waals surface area contributed by atoms with Crippen molar-refractivity contribution in [2.75, 3.05) is 20.1 Å². The van der Waals surface area contributed by atoms with E-state index >= 15 is 0 Å². The van der Waals surface area contributed by atoms with Crippen molar-refractivity contribution in [1.29, 1.82) is 0 Å². The van der Waals surface area contributed by atoms with Gasteiger partial charge < -0.3 is 9.73 Å². The molecule has 16 heavy (non-hydrogen) atoms. The first-order valence-electron chi connectivity index (χ1n) is 6.21. The van der Waals surface area contributed by atoms with E-state index in [1.54, 1.807) is 0 Å². The minimum absolute atomic E-state index is 0.832. The van der Waals surface area contributed by atoms with Crippen molar-refractivity contribution in [1.82, 2.24) is 10.2 Å². The number of nitrogens with zero attached hydrogens (tertiary/aromatic N) is 1. The number of hydrogen-bond acceptors (Lipinski definition) is 3. The second kappa shape index (κ2) is 5.51. The third-order valence-corrected chi connectivity index (χ3v) is 2.95. The summed E-state index contributed by atoms with van der Waals surface area (Å²) in [5.41, 5.74) is 0. The summed E-state index contributed by atoms with van der Waals surface area (Å²) in [4.78, 5) is 2.31. The van der Waals surface area contributed by atoms with Crippen LogP contribution in [0.15, 0.2) is 16.5 Å². The van der Waals surface area contributed by atoms with Crippen LogP contribution in [0.1, 0.15) is 30.8 Å². The molecule has 3 heteroatoms. The third kappa shape index (κ3) is 3.99. The summed E-state index contributed by atoms with van der Waals surface area (Å²) in [6.07, 6.45) is 3.97. The Bertz CT molecular complexity index is 317. The van der Waals surface area contributed by atoms with E-state index in [0.29, 0.717) is 0 Å². The van der Waals surface area contributed by atoms with E-state index < -0.39 is 0 Å². The number of hydrogen-bond donors (Lipinski definition) is 1. The van der Waals surface area contributed by atoms with E-state index in [4.69, 9.17) is 4.42 Å². The Hall–Kier alpha value is -0.800. The molecule has 0 bridgehead atoms. The minimum atomic E-state index is 0.832. The molecule has 1 aromatic heterocycles. The molecular weight excluding hydrogens is 200 g/mol. The molecular formula is C13H22N2O. The Labute approximate surface area is 97.8 Å². The van der Waals surface area contributed by atoms with Crippen LogP contribution in [0.25, 0.3) is 0 Å². The van der Waals surface area contributed by atoms with E-state index in [9.17, 15) is 0 Å². The quantitative estimate of drug-likeness (QED) is 0.717. The smallest absolute Gasteiger partial charge is 0.118 e. The first-order chi connectivity index (χ1) is 7.74. The van der Waals surface area contributed by atoms with Gasteiger partial charge >= 0.3 is 0 Å². The van der Waals surface area contributed by atoms with E-state index in [1.807, 2.05) is 13.0 Å².